The highest BCUT2D eigenvalue weighted by Gasteiger charge is 2.27. The average Bonchev–Trinajstić information content (AvgIpc) is 3.17. The van der Waals surface area contributed by atoms with Crippen LogP contribution >= 0.6 is 15.9 Å². The van der Waals surface area contributed by atoms with E-state index in [1.54, 1.807) is 26.0 Å². The third-order valence-corrected chi connectivity index (χ3v) is 5.24. The minimum Gasteiger partial charge on any atom is -0.497 e. The number of fused-ring (bicyclic) bond motifs is 1. The molecule has 2 aromatic carbocycles. The van der Waals surface area contributed by atoms with E-state index in [1.807, 2.05) is 0 Å². The van der Waals surface area contributed by atoms with Gasteiger partial charge in [0.05, 0.1) is 36.2 Å². The second-order valence-electron chi connectivity index (χ2n) is 6.38. The average molecular weight is 491 g/mol. The predicted octanol–water partition coefficient (Wildman–Crippen LogP) is 4.73. The summed E-state index contributed by atoms with van der Waals surface area (Å²) in [5.41, 5.74) is 1.03. The van der Waals surface area contributed by atoms with E-state index < -0.39 is 11.9 Å². The molecule has 8 nitrogen and oxygen atoms in total. The highest BCUT2D eigenvalue weighted by molar-refractivity contribution is 9.10. The molecule has 0 saturated heterocycles. The molecular weight excluding hydrogens is 472 g/mol. The van der Waals surface area contributed by atoms with Gasteiger partial charge in [0, 0.05) is 6.07 Å². The fraction of sp³-hybridized carbons (Fsp3) is 0.227. The summed E-state index contributed by atoms with van der Waals surface area (Å²) in [7, 11) is 2.94. The molecule has 0 amide bonds. The monoisotopic (exact) mass is 490 g/mol. The smallest absolute Gasteiger partial charge is 0.343 e. The number of methoxy groups -OCH3 is 2. The lowest BCUT2D eigenvalue weighted by molar-refractivity contribution is 0.0524. The zero-order chi connectivity index (χ0) is 22.7. The van der Waals surface area contributed by atoms with E-state index in [1.165, 1.54) is 26.4 Å². The summed E-state index contributed by atoms with van der Waals surface area (Å²) in [5, 5.41) is 0.284. The lowest BCUT2D eigenvalue weighted by atomic mass is 10.1. The SMILES string of the molecule is CCOC(=O)c1c(C=O)oc2c(C)cc(OC(=O)c3cc(OC)cc(OC)c3)c(Br)c12. The number of hydrogen-bond acceptors (Lipinski definition) is 8. The van der Waals surface area contributed by atoms with Crippen molar-refractivity contribution in [1.82, 2.24) is 0 Å². The molecule has 0 aliphatic heterocycles. The number of rotatable bonds is 7. The molecule has 0 aliphatic carbocycles. The molecule has 0 N–H and O–H groups in total. The zero-order valence-electron chi connectivity index (χ0n) is 17.2. The Hall–Kier alpha value is -3.33. The summed E-state index contributed by atoms with van der Waals surface area (Å²) >= 11 is 3.38. The molecule has 0 unspecified atom stereocenters. The summed E-state index contributed by atoms with van der Waals surface area (Å²) in [6.45, 7) is 3.47. The number of ether oxygens (including phenoxy) is 4. The van der Waals surface area contributed by atoms with Crippen molar-refractivity contribution < 1.29 is 37.7 Å². The maximum absolute atomic E-state index is 12.8. The molecule has 0 spiro atoms. The van der Waals surface area contributed by atoms with Gasteiger partial charge in [0.15, 0.2) is 12.0 Å². The number of esters is 2. The normalized spacial score (nSPS) is 10.6. The van der Waals surface area contributed by atoms with E-state index in [0.29, 0.717) is 28.9 Å². The molecule has 0 radical (unpaired) electrons. The van der Waals surface area contributed by atoms with E-state index in [-0.39, 0.29) is 39.1 Å². The molecule has 0 atom stereocenters. The van der Waals surface area contributed by atoms with Crippen LogP contribution in [0.25, 0.3) is 11.0 Å². The summed E-state index contributed by atoms with van der Waals surface area (Å²) in [6.07, 6.45) is 0.437. The van der Waals surface area contributed by atoms with Gasteiger partial charge in [-0.15, -0.1) is 0 Å². The van der Waals surface area contributed by atoms with Crippen molar-refractivity contribution in [2.75, 3.05) is 20.8 Å². The molecule has 0 fully saturated rings. The van der Waals surface area contributed by atoms with Crippen LogP contribution in [-0.2, 0) is 4.74 Å². The van der Waals surface area contributed by atoms with Crippen molar-refractivity contribution in [1.29, 1.82) is 0 Å². The molecule has 3 rings (SSSR count). The van der Waals surface area contributed by atoms with Crippen molar-refractivity contribution in [2.24, 2.45) is 0 Å². The molecule has 1 heterocycles. The minimum absolute atomic E-state index is 0.0391. The summed E-state index contributed by atoms with van der Waals surface area (Å²) in [5.74, 6) is -0.573. The van der Waals surface area contributed by atoms with E-state index >= 15 is 0 Å². The first-order chi connectivity index (χ1) is 14.8. The Kier molecular flexibility index (Phi) is 6.65. The highest BCUT2D eigenvalue weighted by Crippen LogP contribution is 2.40. The second kappa shape index (κ2) is 9.22. The van der Waals surface area contributed by atoms with Crippen LogP contribution in [-0.4, -0.2) is 39.1 Å². The fourth-order valence-electron chi connectivity index (χ4n) is 3.03. The number of halogens is 1. The summed E-state index contributed by atoms with van der Waals surface area (Å²) < 4.78 is 26.8. The number of furan rings is 1. The van der Waals surface area contributed by atoms with Crippen LogP contribution in [0.1, 0.15) is 43.8 Å². The molecule has 1 aromatic heterocycles. The molecule has 0 saturated carbocycles. The standard InChI is InChI=1S/C22H19BrO8/c1-5-29-22(26)17-16(10-24)30-20-11(2)6-15(19(23)18(17)20)31-21(25)12-7-13(27-3)9-14(8-12)28-4/h6-10H,5H2,1-4H3. The Labute approximate surface area is 186 Å². The Balaban J connectivity index is 2.10. The summed E-state index contributed by atoms with van der Waals surface area (Å²) in [6, 6.07) is 6.21. The lowest BCUT2D eigenvalue weighted by Crippen LogP contribution is -2.10. The molecule has 0 bridgehead atoms. The van der Waals surface area contributed by atoms with Crippen LogP contribution in [0.4, 0.5) is 0 Å². The highest BCUT2D eigenvalue weighted by atomic mass is 79.9. The maximum atomic E-state index is 12.8. The topological polar surface area (TPSA) is 101 Å². The quantitative estimate of drug-likeness (QED) is 0.266. The maximum Gasteiger partial charge on any atom is 0.343 e. The first-order valence-corrected chi connectivity index (χ1v) is 9.97. The molecular formula is C22H19BrO8. The molecule has 3 aromatic rings. The van der Waals surface area contributed by atoms with Crippen LogP contribution in [0, 0.1) is 6.92 Å². The van der Waals surface area contributed by atoms with Crippen LogP contribution < -0.4 is 14.2 Å². The van der Waals surface area contributed by atoms with Gasteiger partial charge in [0.1, 0.15) is 28.4 Å². The van der Waals surface area contributed by atoms with E-state index in [4.69, 9.17) is 23.4 Å². The number of carbonyl (C=O) groups excluding carboxylic acids is 3. The van der Waals surface area contributed by atoms with Crippen molar-refractivity contribution in [3.05, 3.63) is 51.2 Å². The van der Waals surface area contributed by atoms with Gasteiger partial charge in [-0.1, -0.05) is 0 Å². The fourth-order valence-corrected chi connectivity index (χ4v) is 3.61. The number of aryl methyl sites for hydroxylation is 1. The number of carbonyl (C=O) groups is 3. The zero-order valence-corrected chi connectivity index (χ0v) is 18.8. The first kappa shape index (κ1) is 22.4. The number of hydrogen-bond donors (Lipinski definition) is 0. The Morgan fingerprint density at radius 1 is 1.06 bits per heavy atom. The van der Waals surface area contributed by atoms with Crippen molar-refractivity contribution in [2.45, 2.75) is 13.8 Å². The Morgan fingerprint density at radius 2 is 1.71 bits per heavy atom. The second-order valence-corrected chi connectivity index (χ2v) is 7.17. The van der Waals surface area contributed by atoms with Crippen LogP contribution in [0.5, 0.6) is 17.2 Å². The van der Waals surface area contributed by atoms with Gasteiger partial charge in [0.25, 0.3) is 0 Å². The molecule has 9 heteroatoms. The van der Waals surface area contributed by atoms with Crippen LogP contribution in [0.15, 0.2) is 33.2 Å². The van der Waals surface area contributed by atoms with E-state index in [2.05, 4.69) is 15.9 Å². The van der Waals surface area contributed by atoms with E-state index in [0.717, 1.165) is 0 Å². The van der Waals surface area contributed by atoms with Gasteiger partial charge in [-0.3, -0.25) is 4.79 Å². The molecule has 0 aliphatic rings. The van der Waals surface area contributed by atoms with Crippen molar-refractivity contribution >= 4 is 45.1 Å². The first-order valence-electron chi connectivity index (χ1n) is 9.17. The van der Waals surface area contributed by atoms with Crippen LogP contribution in [0.3, 0.4) is 0 Å². The van der Waals surface area contributed by atoms with Gasteiger partial charge in [0.2, 0.25) is 0 Å². The van der Waals surface area contributed by atoms with Crippen molar-refractivity contribution in [3.8, 4) is 17.2 Å². The van der Waals surface area contributed by atoms with Crippen molar-refractivity contribution in [3.63, 3.8) is 0 Å². The van der Waals surface area contributed by atoms with Gasteiger partial charge in [-0.05, 0) is 53.5 Å². The Bertz CT molecular complexity index is 1160. The number of aldehydes is 1. The minimum atomic E-state index is -0.718. The molecule has 31 heavy (non-hydrogen) atoms. The van der Waals surface area contributed by atoms with Gasteiger partial charge in [-0.25, -0.2) is 9.59 Å². The van der Waals surface area contributed by atoms with E-state index in [9.17, 15) is 14.4 Å². The molecule has 162 valence electrons. The largest absolute Gasteiger partial charge is 0.497 e. The van der Waals surface area contributed by atoms with Gasteiger partial charge < -0.3 is 23.4 Å². The summed E-state index contributed by atoms with van der Waals surface area (Å²) in [4.78, 5) is 36.7. The Morgan fingerprint density at radius 3 is 2.26 bits per heavy atom. The van der Waals surface area contributed by atoms with Gasteiger partial charge >= 0.3 is 11.9 Å². The predicted molar refractivity (Wildman–Crippen MR) is 114 cm³/mol. The number of benzene rings is 2. The van der Waals surface area contributed by atoms with Gasteiger partial charge in [-0.2, -0.15) is 0 Å². The third-order valence-electron chi connectivity index (χ3n) is 4.45. The lowest BCUT2D eigenvalue weighted by Gasteiger charge is -2.11. The van der Waals surface area contributed by atoms with Crippen LogP contribution in [0.2, 0.25) is 0 Å². The third kappa shape index (κ3) is 4.27.